The summed E-state index contributed by atoms with van der Waals surface area (Å²) in [6, 6.07) is 8.39. The van der Waals surface area contributed by atoms with Crippen LogP contribution in [0.15, 0.2) is 24.3 Å². The van der Waals surface area contributed by atoms with E-state index in [2.05, 4.69) is 16.1 Å². The fourth-order valence-electron chi connectivity index (χ4n) is 2.78. The van der Waals surface area contributed by atoms with Crippen molar-refractivity contribution < 1.29 is 8.42 Å². The van der Waals surface area contributed by atoms with Crippen molar-refractivity contribution in [3.63, 3.8) is 0 Å². The van der Waals surface area contributed by atoms with Crippen molar-refractivity contribution in [2.75, 3.05) is 12.8 Å². The quantitative estimate of drug-likeness (QED) is 0.842. The minimum Gasteiger partial charge on any atom is -0.312 e. The van der Waals surface area contributed by atoms with Gasteiger partial charge in [-0.15, -0.1) is 0 Å². The minimum absolute atomic E-state index is 0.423. The molecule has 1 aliphatic carbocycles. The second-order valence-electron chi connectivity index (χ2n) is 6.53. The van der Waals surface area contributed by atoms with Crippen molar-refractivity contribution in [3.8, 4) is 0 Å². The normalized spacial score (nSPS) is 22.9. The molecule has 0 heterocycles. The van der Waals surface area contributed by atoms with E-state index < -0.39 is 15.6 Å². The van der Waals surface area contributed by atoms with Crippen molar-refractivity contribution in [3.05, 3.63) is 34.9 Å². The van der Waals surface area contributed by atoms with E-state index in [9.17, 15) is 8.42 Å². The molecule has 2 N–H and O–H groups in total. The third-order valence-electron chi connectivity index (χ3n) is 3.78. The van der Waals surface area contributed by atoms with E-state index in [-0.39, 0.29) is 0 Å². The molecular weight excluding hydrogens is 308 g/mol. The monoisotopic (exact) mass is 330 g/mol. The van der Waals surface area contributed by atoms with Crippen molar-refractivity contribution in [1.29, 1.82) is 0 Å². The molecule has 0 unspecified atom stereocenters. The highest BCUT2D eigenvalue weighted by Gasteiger charge is 2.32. The zero-order valence-corrected chi connectivity index (χ0v) is 14.3. The molecule has 0 radical (unpaired) electrons. The van der Waals surface area contributed by atoms with Gasteiger partial charge in [0, 0.05) is 23.1 Å². The number of halogens is 1. The number of hydrogen-bond acceptors (Lipinski definition) is 3. The van der Waals surface area contributed by atoms with Gasteiger partial charge in [-0.05, 0) is 44.2 Å². The van der Waals surface area contributed by atoms with Crippen molar-refractivity contribution in [2.24, 2.45) is 0 Å². The van der Waals surface area contributed by atoms with Gasteiger partial charge in [-0.25, -0.2) is 13.1 Å². The van der Waals surface area contributed by atoms with Gasteiger partial charge in [0.05, 0.1) is 6.26 Å². The summed E-state index contributed by atoms with van der Waals surface area (Å²) in [5, 5.41) is 4.26. The van der Waals surface area contributed by atoms with Crippen molar-refractivity contribution >= 4 is 21.6 Å². The molecule has 118 valence electrons. The van der Waals surface area contributed by atoms with Gasteiger partial charge in [-0.3, -0.25) is 0 Å². The standard InChI is InChI=1S/C15H23ClN2O2S/c1-15(2,18-21(3,19)20)10-17-12-8-11(9-12)13-6-4-5-7-14(13)16/h4-7,11-12,17-18H,8-10H2,1-3H3. The molecule has 6 heteroatoms. The zero-order chi connectivity index (χ0) is 15.7. The maximum absolute atomic E-state index is 11.3. The Labute approximate surface area is 132 Å². The summed E-state index contributed by atoms with van der Waals surface area (Å²) in [6.45, 7) is 4.37. The predicted octanol–water partition coefficient (Wildman–Crippen LogP) is 2.50. The van der Waals surface area contributed by atoms with Crippen LogP contribution in [0.4, 0.5) is 0 Å². The molecule has 1 fully saturated rings. The van der Waals surface area contributed by atoms with E-state index in [1.165, 1.54) is 11.8 Å². The summed E-state index contributed by atoms with van der Waals surface area (Å²) >= 11 is 6.20. The van der Waals surface area contributed by atoms with Gasteiger partial charge in [0.25, 0.3) is 0 Å². The SMILES string of the molecule is CC(C)(CNC1CC(c2ccccc2Cl)C1)NS(C)(=O)=O. The minimum atomic E-state index is -3.19. The predicted molar refractivity (Wildman–Crippen MR) is 87.3 cm³/mol. The lowest BCUT2D eigenvalue weighted by molar-refractivity contribution is 0.268. The smallest absolute Gasteiger partial charge is 0.209 e. The van der Waals surface area contributed by atoms with E-state index >= 15 is 0 Å². The van der Waals surface area contributed by atoms with Gasteiger partial charge in [-0.1, -0.05) is 29.8 Å². The molecule has 0 saturated heterocycles. The summed E-state index contributed by atoms with van der Waals surface area (Å²) < 4.78 is 25.2. The average Bonchev–Trinajstić information content (AvgIpc) is 2.25. The van der Waals surface area contributed by atoms with E-state index in [1.807, 2.05) is 32.0 Å². The Bertz CT molecular complexity index is 595. The summed E-state index contributed by atoms with van der Waals surface area (Å²) in [5.41, 5.74) is 0.731. The molecule has 1 saturated carbocycles. The summed E-state index contributed by atoms with van der Waals surface area (Å²) in [5.74, 6) is 0.502. The Morgan fingerprint density at radius 1 is 1.29 bits per heavy atom. The van der Waals surface area contributed by atoms with Gasteiger partial charge in [0.2, 0.25) is 10.0 Å². The number of benzene rings is 1. The van der Waals surface area contributed by atoms with Crippen LogP contribution in [0.5, 0.6) is 0 Å². The van der Waals surface area contributed by atoms with E-state index in [0.29, 0.717) is 18.5 Å². The number of rotatable bonds is 6. The number of sulfonamides is 1. The fraction of sp³-hybridized carbons (Fsp3) is 0.600. The lowest BCUT2D eigenvalue weighted by Crippen LogP contribution is -2.53. The Morgan fingerprint density at radius 3 is 2.48 bits per heavy atom. The Balaban J connectivity index is 1.80. The maximum Gasteiger partial charge on any atom is 0.209 e. The molecule has 2 rings (SSSR count). The highest BCUT2D eigenvalue weighted by Crippen LogP contribution is 2.39. The van der Waals surface area contributed by atoms with Gasteiger partial charge < -0.3 is 5.32 Å². The second-order valence-corrected chi connectivity index (χ2v) is 8.68. The topological polar surface area (TPSA) is 58.2 Å². The molecule has 0 aliphatic heterocycles. The van der Waals surface area contributed by atoms with E-state index in [1.54, 1.807) is 0 Å². The summed E-state index contributed by atoms with van der Waals surface area (Å²) in [4.78, 5) is 0. The molecular formula is C15H23ClN2O2S. The van der Waals surface area contributed by atoms with Crippen LogP contribution in [-0.2, 0) is 10.0 Å². The third kappa shape index (κ3) is 4.95. The van der Waals surface area contributed by atoms with Crippen LogP contribution in [0.2, 0.25) is 5.02 Å². The first-order valence-corrected chi connectivity index (χ1v) is 9.40. The first-order chi connectivity index (χ1) is 9.66. The molecule has 21 heavy (non-hydrogen) atoms. The first kappa shape index (κ1) is 16.7. The maximum atomic E-state index is 11.3. The fourth-order valence-corrected chi connectivity index (χ4v) is 4.15. The van der Waals surface area contributed by atoms with Crippen LogP contribution in [0.25, 0.3) is 0 Å². The average molecular weight is 331 g/mol. The van der Waals surface area contributed by atoms with Crippen molar-refractivity contribution in [1.82, 2.24) is 10.0 Å². The van der Waals surface area contributed by atoms with Crippen LogP contribution in [0.1, 0.15) is 38.2 Å². The summed E-state index contributed by atoms with van der Waals surface area (Å²) in [7, 11) is -3.19. The molecule has 1 aliphatic rings. The van der Waals surface area contributed by atoms with Crippen molar-refractivity contribution in [2.45, 2.75) is 44.2 Å². The van der Waals surface area contributed by atoms with E-state index in [4.69, 9.17) is 11.6 Å². The molecule has 0 amide bonds. The summed E-state index contributed by atoms with van der Waals surface area (Å²) in [6.07, 6.45) is 3.27. The van der Waals surface area contributed by atoms with Gasteiger partial charge in [0.15, 0.2) is 0 Å². The highest BCUT2D eigenvalue weighted by molar-refractivity contribution is 7.88. The van der Waals surface area contributed by atoms with Crippen LogP contribution in [-0.4, -0.2) is 32.8 Å². The lowest BCUT2D eigenvalue weighted by atomic mass is 9.75. The lowest BCUT2D eigenvalue weighted by Gasteiger charge is -2.39. The molecule has 4 nitrogen and oxygen atoms in total. The van der Waals surface area contributed by atoms with Gasteiger partial charge >= 0.3 is 0 Å². The Morgan fingerprint density at radius 2 is 1.90 bits per heavy atom. The largest absolute Gasteiger partial charge is 0.312 e. The molecule has 0 bridgehead atoms. The van der Waals surface area contributed by atoms with E-state index in [0.717, 1.165) is 17.9 Å². The molecule has 0 atom stereocenters. The van der Waals surface area contributed by atoms with Gasteiger partial charge in [-0.2, -0.15) is 0 Å². The van der Waals surface area contributed by atoms with Crippen LogP contribution >= 0.6 is 11.6 Å². The van der Waals surface area contributed by atoms with Crippen LogP contribution in [0, 0.1) is 0 Å². The number of nitrogens with one attached hydrogen (secondary N) is 2. The molecule has 0 aromatic heterocycles. The molecule has 1 aromatic carbocycles. The number of hydrogen-bond donors (Lipinski definition) is 2. The van der Waals surface area contributed by atoms with Gasteiger partial charge in [0.1, 0.15) is 0 Å². The third-order valence-corrected chi connectivity index (χ3v) is 5.05. The zero-order valence-electron chi connectivity index (χ0n) is 12.7. The Hall–Kier alpha value is -0.620. The first-order valence-electron chi connectivity index (χ1n) is 7.13. The highest BCUT2D eigenvalue weighted by atomic mass is 35.5. The van der Waals surface area contributed by atoms with Crippen LogP contribution < -0.4 is 10.0 Å². The molecule has 1 aromatic rings. The molecule has 0 spiro atoms. The van der Waals surface area contributed by atoms with Crippen LogP contribution in [0.3, 0.4) is 0 Å². The Kier molecular flexibility index (Phi) is 4.98. The second kappa shape index (κ2) is 6.24.